The molecule has 0 unspecified atom stereocenters. The quantitative estimate of drug-likeness (QED) is 0.643. The number of benzene rings is 1. The van der Waals surface area contributed by atoms with Crippen molar-refractivity contribution in [1.82, 2.24) is 0 Å². The minimum absolute atomic E-state index is 0.624. The Morgan fingerprint density at radius 3 is 2.20 bits per heavy atom. The average Bonchev–Trinajstić information content (AvgIpc) is 2.26. The summed E-state index contributed by atoms with van der Waals surface area (Å²) in [6, 6.07) is 9.00. The maximum Gasteiger partial charge on any atom is -0.0219 e. The summed E-state index contributed by atoms with van der Waals surface area (Å²) in [7, 11) is 0. The van der Waals surface area contributed by atoms with Crippen LogP contribution in [0.1, 0.15) is 57.6 Å². The first-order chi connectivity index (χ1) is 7.19. The summed E-state index contributed by atoms with van der Waals surface area (Å²) in [6.07, 6.45) is 4.62. The number of rotatable bonds is 4. The van der Waals surface area contributed by atoms with Crippen molar-refractivity contribution in [3.63, 3.8) is 0 Å². The molecule has 0 spiro atoms. The fourth-order valence-corrected chi connectivity index (χ4v) is 1.81. The summed E-state index contributed by atoms with van der Waals surface area (Å²) in [5.74, 6) is 0.624. The summed E-state index contributed by atoms with van der Waals surface area (Å²) in [5, 5.41) is 0. The molecule has 0 saturated heterocycles. The van der Waals surface area contributed by atoms with E-state index in [0.717, 1.165) is 0 Å². The fourth-order valence-electron chi connectivity index (χ4n) is 1.81. The monoisotopic (exact) mass is 202 g/mol. The lowest BCUT2D eigenvalue weighted by molar-refractivity contribution is 0.866. The molecule has 0 atom stereocenters. The van der Waals surface area contributed by atoms with E-state index in [0.29, 0.717) is 5.92 Å². The van der Waals surface area contributed by atoms with E-state index in [1.807, 2.05) is 0 Å². The summed E-state index contributed by atoms with van der Waals surface area (Å²) in [6.45, 7) is 8.82. The first-order valence-electron chi connectivity index (χ1n) is 5.94. The number of allylic oxidation sites excluding steroid dienone is 2. The molecule has 0 heterocycles. The Kier molecular flexibility index (Phi) is 4.61. The third-order valence-electron chi connectivity index (χ3n) is 2.82. The predicted octanol–water partition coefficient (Wildman–Crippen LogP) is 5.01. The van der Waals surface area contributed by atoms with Crippen molar-refractivity contribution in [1.29, 1.82) is 0 Å². The van der Waals surface area contributed by atoms with Crippen molar-refractivity contribution < 1.29 is 0 Å². The molecule has 0 aromatic heterocycles. The van der Waals surface area contributed by atoms with Gasteiger partial charge in [-0.05, 0) is 36.0 Å². The van der Waals surface area contributed by atoms with E-state index in [2.05, 4.69) is 58.0 Å². The van der Waals surface area contributed by atoms with Gasteiger partial charge >= 0.3 is 0 Å². The van der Waals surface area contributed by atoms with Crippen LogP contribution in [0.5, 0.6) is 0 Å². The molecular weight excluding hydrogens is 180 g/mol. The minimum Gasteiger partial charge on any atom is -0.0838 e. The molecule has 82 valence electrons. The molecule has 0 N–H and O–H groups in total. The first-order valence-corrected chi connectivity index (χ1v) is 5.94. The molecule has 0 aliphatic heterocycles. The molecule has 15 heavy (non-hydrogen) atoms. The first kappa shape index (κ1) is 12.0. The van der Waals surface area contributed by atoms with Crippen LogP contribution in [-0.2, 0) is 0 Å². The summed E-state index contributed by atoms with van der Waals surface area (Å²) < 4.78 is 0. The Hall–Kier alpha value is -1.04. The van der Waals surface area contributed by atoms with Gasteiger partial charge in [0.2, 0.25) is 0 Å². The van der Waals surface area contributed by atoms with Crippen molar-refractivity contribution in [3.8, 4) is 0 Å². The Bertz CT molecular complexity index is 314. The largest absolute Gasteiger partial charge is 0.0838 e. The van der Waals surface area contributed by atoms with E-state index in [4.69, 9.17) is 0 Å². The van der Waals surface area contributed by atoms with E-state index in [-0.39, 0.29) is 0 Å². The van der Waals surface area contributed by atoms with Gasteiger partial charge in [-0.25, -0.2) is 0 Å². The highest BCUT2D eigenvalue weighted by molar-refractivity contribution is 5.65. The Labute approximate surface area is 94.0 Å². The molecule has 0 amide bonds. The lowest BCUT2D eigenvalue weighted by atomic mass is 9.97. The average molecular weight is 202 g/mol. The molecule has 0 saturated carbocycles. The fraction of sp³-hybridized carbons (Fsp3) is 0.467. The van der Waals surface area contributed by atoms with Crippen molar-refractivity contribution in [2.75, 3.05) is 0 Å². The lowest BCUT2D eigenvalue weighted by Gasteiger charge is -2.09. The zero-order valence-corrected chi connectivity index (χ0v) is 10.4. The topological polar surface area (TPSA) is 0 Å². The van der Waals surface area contributed by atoms with Crippen LogP contribution in [0, 0.1) is 0 Å². The highest BCUT2D eigenvalue weighted by atomic mass is 14.1. The van der Waals surface area contributed by atoms with E-state index < -0.39 is 0 Å². The van der Waals surface area contributed by atoms with E-state index in [9.17, 15) is 0 Å². The molecule has 1 rings (SSSR count). The van der Waals surface area contributed by atoms with Crippen LogP contribution in [0.15, 0.2) is 30.3 Å². The van der Waals surface area contributed by atoms with Gasteiger partial charge in [-0.15, -0.1) is 0 Å². The van der Waals surface area contributed by atoms with Crippen LogP contribution in [0.4, 0.5) is 0 Å². The Balaban J connectivity index is 2.87. The maximum absolute atomic E-state index is 2.25. The molecule has 0 radical (unpaired) electrons. The van der Waals surface area contributed by atoms with Gasteiger partial charge in [0.15, 0.2) is 0 Å². The third-order valence-corrected chi connectivity index (χ3v) is 2.82. The van der Waals surface area contributed by atoms with Gasteiger partial charge < -0.3 is 0 Å². The third kappa shape index (κ3) is 3.23. The lowest BCUT2D eigenvalue weighted by Crippen LogP contribution is -1.89. The molecule has 0 heteroatoms. The van der Waals surface area contributed by atoms with E-state index in [1.165, 1.54) is 29.5 Å². The predicted molar refractivity (Wildman–Crippen MR) is 69.1 cm³/mol. The molecular formula is C15H22. The van der Waals surface area contributed by atoms with Gasteiger partial charge in [0.05, 0.1) is 0 Å². The minimum atomic E-state index is 0.624. The second kappa shape index (κ2) is 5.75. The standard InChI is InChI=1S/C15H22/c1-5-7-13(6-2)15-10-8-14(9-11-15)12(3)4/h6,8-12H,5,7H2,1-4H3. The van der Waals surface area contributed by atoms with E-state index >= 15 is 0 Å². The van der Waals surface area contributed by atoms with Crippen LogP contribution in [0.2, 0.25) is 0 Å². The van der Waals surface area contributed by atoms with Gasteiger partial charge in [-0.1, -0.05) is 57.5 Å². The van der Waals surface area contributed by atoms with Crippen molar-refractivity contribution in [2.24, 2.45) is 0 Å². The van der Waals surface area contributed by atoms with Gasteiger partial charge in [-0.3, -0.25) is 0 Å². The molecule has 0 aliphatic rings. The highest BCUT2D eigenvalue weighted by Gasteiger charge is 2.01. The highest BCUT2D eigenvalue weighted by Crippen LogP contribution is 2.22. The molecule has 0 bridgehead atoms. The smallest absolute Gasteiger partial charge is 0.0219 e. The van der Waals surface area contributed by atoms with Crippen molar-refractivity contribution >= 4 is 5.57 Å². The van der Waals surface area contributed by atoms with Crippen molar-refractivity contribution in [2.45, 2.75) is 46.5 Å². The summed E-state index contributed by atoms with van der Waals surface area (Å²) in [4.78, 5) is 0. The molecule has 0 fully saturated rings. The molecule has 0 nitrogen and oxygen atoms in total. The van der Waals surface area contributed by atoms with Gasteiger partial charge in [0.25, 0.3) is 0 Å². The van der Waals surface area contributed by atoms with Crippen LogP contribution in [0.25, 0.3) is 5.57 Å². The maximum atomic E-state index is 2.25. The van der Waals surface area contributed by atoms with E-state index in [1.54, 1.807) is 0 Å². The zero-order valence-electron chi connectivity index (χ0n) is 10.4. The second-order valence-electron chi connectivity index (χ2n) is 4.34. The Morgan fingerprint density at radius 1 is 1.20 bits per heavy atom. The Morgan fingerprint density at radius 2 is 1.80 bits per heavy atom. The summed E-state index contributed by atoms with van der Waals surface area (Å²) in [5.41, 5.74) is 4.27. The van der Waals surface area contributed by atoms with Gasteiger partial charge in [-0.2, -0.15) is 0 Å². The van der Waals surface area contributed by atoms with Crippen LogP contribution in [-0.4, -0.2) is 0 Å². The number of hydrogen-bond donors (Lipinski definition) is 0. The summed E-state index contributed by atoms with van der Waals surface area (Å²) >= 11 is 0. The van der Waals surface area contributed by atoms with Crippen LogP contribution < -0.4 is 0 Å². The van der Waals surface area contributed by atoms with Gasteiger partial charge in [0, 0.05) is 0 Å². The van der Waals surface area contributed by atoms with Crippen LogP contribution in [0.3, 0.4) is 0 Å². The SMILES string of the molecule is CC=C(CCC)c1ccc(C(C)C)cc1. The number of hydrogen-bond acceptors (Lipinski definition) is 0. The normalized spacial score (nSPS) is 12.2. The second-order valence-corrected chi connectivity index (χ2v) is 4.34. The molecule has 1 aromatic carbocycles. The van der Waals surface area contributed by atoms with Crippen molar-refractivity contribution in [3.05, 3.63) is 41.5 Å². The molecule has 1 aromatic rings. The zero-order chi connectivity index (χ0) is 11.3. The van der Waals surface area contributed by atoms with Gasteiger partial charge in [0.1, 0.15) is 0 Å². The molecule has 0 aliphatic carbocycles. The van der Waals surface area contributed by atoms with Crippen LogP contribution >= 0.6 is 0 Å².